The minimum Gasteiger partial charge on any atom is -0.353 e. The van der Waals surface area contributed by atoms with Gasteiger partial charge in [-0.15, -0.1) is 24.8 Å². The van der Waals surface area contributed by atoms with Gasteiger partial charge in [-0.1, -0.05) is 20.3 Å². The van der Waals surface area contributed by atoms with Crippen molar-refractivity contribution >= 4 is 30.7 Å². The Labute approximate surface area is 154 Å². The van der Waals surface area contributed by atoms with Crippen LogP contribution in [0.3, 0.4) is 0 Å². The van der Waals surface area contributed by atoms with E-state index in [0.717, 1.165) is 50.9 Å². The summed E-state index contributed by atoms with van der Waals surface area (Å²) < 4.78 is 0. The summed E-state index contributed by atoms with van der Waals surface area (Å²) in [5.74, 6) is 1.69. The lowest BCUT2D eigenvalue weighted by Gasteiger charge is -2.45. The second-order valence-corrected chi connectivity index (χ2v) is 7.88. The molecule has 3 atom stereocenters. The molecule has 2 saturated heterocycles. The van der Waals surface area contributed by atoms with Crippen molar-refractivity contribution in [2.45, 2.75) is 65.0 Å². The average molecular weight is 368 g/mol. The summed E-state index contributed by atoms with van der Waals surface area (Å²) in [6.45, 7) is 13.2. The van der Waals surface area contributed by atoms with Gasteiger partial charge < -0.3 is 10.6 Å². The molecule has 0 radical (unpaired) electrons. The van der Waals surface area contributed by atoms with E-state index in [0.29, 0.717) is 0 Å². The van der Waals surface area contributed by atoms with Crippen molar-refractivity contribution in [3.05, 3.63) is 0 Å². The fourth-order valence-electron chi connectivity index (χ4n) is 3.77. The summed E-state index contributed by atoms with van der Waals surface area (Å²) in [5.41, 5.74) is 0.0350. The van der Waals surface area contributed by atoms with Gasteiger partial charge in [0.15, 0.2) is 0 Å². The second-order valence-electron chi connectivity index (χ2n) is 7.88. The molecule has 0 aromatic heterocycles. The molecule has 23 heavy (non-hydrogen) atoms. The van der Waals surface area contributed by atoms with Crippen molar-refractivity contribution in [3.8, 4) is 0 Å². The summed E-state index contributed by atoms with van der Waals surface area (Å²) in [5, 5.41) is 6.50. The third kappa shape index (κ3) is 6.77. The van der Waals surface area contributed by atoms with Crippen LogP contribution in [0.15, 0.2) is 0 Å². The van der Waals surface area contributed by atoms with Crippen LogP contribution in [0.4, 0.5) is 0 Å². The van der Waals surface area contributed by atoms with Gasteiger partial charge >= 0.3 is 0 Å². The Kier molecular flexibility index (Phi) is 10.1. The Morgan fingerprint density at radius 3 is 2.30 bits per heavy atom. The van der Waals surface area contributed by atoms with Crippen LogP contribution < -0.4 is 10.6 Å². The molecule has 2 aliphatic heterocycles. The van der Waals surface area contributed by atoms with E-state index in [1.165, 1.54) is 12.8 Å². The van der Waals surface area contributed by atoms with E-state index >= 15 is 0 Å². The molecule has 2 N–H and O–H groups in total. The maximum atomic E-state index is 12.3. The zero-order chi connectivity index (χ0) is 15.5. The lowest BCUT2D eigenvalue weighted by molar-refractivity contribution is -0.124. The molecule has 4 nitrogen and oxygen atoms in total. The van der Waals surface area contributed by atoms with Crippen LogP contribution in [0.1, 0.15) is 53.4 Å². The van der Waals surface area contributed by atoms with Gasteiger partial charge in [-0.3, -0.25) is 9.69 Å². The molecule has 2 heterocycles. The molecule has 6 heteroatoms. The summed E-state index contributed by atoms with van der Waals surface area (Å²) in [4.78, 5) is 14.8. The number of hydrogen-bond acceptors (Lipinski definition) is 3. The molecular formula is C17H35Cl2N3O. The molecule has 1 amide bonds. The highest BCUT2D eigenvalue weighted by Gasteiger charge is 2.33. The summed E-state index contributed by atoms with van der Waals surface area (Å²) in [6, 6.07) is 0.0220. The Bertz CT molecular complexity index is 350. The second kappa shape index (κ2) is 10.1. The normalized spacial score (nSPS) is 29.1. The number of rotatable bonds is 4. The standard InChI is InChI=1S/C17H33N3O.2ClH/c1-13-9-14(2)11-20(10-13)17(3,4)12-19-16(21)15-7-5-6-8-18-15;;/h13-15,18H,5-12H2,1-4H3,(H,19,21);2*1H/t13?,14?,15-;;/m1../s1. The number of nitrogens with one attached hydrogen (secondary N) is 2. The number of nitrogens with zero attached hydrogens (tertiary/aromatic N) is 1. The number of amides is 1. The molecule has 0 spiro atoms. The van der Waals surface area contributed by atoms with Crippen molar-refractivity contribution in [1.82, 2.24) is 15.5 Å². The number of piperidine rings is 2. The topological polar surface area (TPSA) is 44.4 Å². The highest BCUT2D eigenvalue weighted by atomic mass is 35.5. The molecule has 0 aromatic rings. The molecule has 0 bridgehead atoms. The van der Waals surface area contributed by atoms with Gasteiger partial charge in [0.1, 0.15) is 0 Å². The van der Waals surface area contributed by atoms with Gasteiger partial charge in [0.25, 0.3) is 0 Å². The van der Waals surface area contributed by atoms with Gasteiger partial charge in [-0.05, 0) is 51.5 Å². The lowest BCUT2D eigenvalue weighted by atomic mass is 9.88. The van der Waals surface area contributed by atoms with Crippen molar-refractivity contribution in [1.29, 1.82) is 0 Å². The molecule has 2 fully saturated rings. The monoisotopic (exact) mass is 367 g/mol. The van der Waals surface area contributed by atoms with Crippen molar-refractivity contribution in [3.63, 3.8) is 0 Å². The fraction of sp³-hybridized carbons (Fsp3) is 0.941. The van der Waals surface area contributed by atoms with Gasteiger partial charge in [0.2, 0.25) is 5.91 Å². The van der Waals surface area contributed by atoms with E-state index < -0.39 is 0 Å². The molecule has 2 rings (SSSR count). The van der Waals surface area contributed by atoms with Crippen molar-refractivity contribution in [2.75, 3.05) is 26.2 Å². The lowest BCUT2D eigenvalue weighted by Crippen LogP contribution is -2.57. The first-order valence-corrected chi connectivity index (χ1v) is 8.64. The van der Waals surface area contributed by atoms with E-state index in [2.05, 4.69) is 43.2 Å². The first kappa shape index (κ1) is 23.0. The minimum atomic E-state index is 0. The van der Waals surface area contributed by atoms with Gasteiger partial charge in [0, 0.05) is 25.2 Å². The van der Waals surface area contributed by atoms with Crippen LogP contribution in [-0.4, -0.2) is 48.6 Å². The summed E-state index contributed by atoms with van der Waals surface area (Å²) >= 11 is 0. The van der Waals surface area contributed by atoms with E-state index in [-0.39, 0.29) is 42.3 Å². The van der Waals surface area contributed by atoms with E-state index in [9.17, 15) is 4.79 Å². The van der Waals surface area contributed by atoms with Gasteiger partial charge in [-0.25, -0.2) is 0 Å². The van der Waals surface area contributed by atoms with Gasteiger partial charge in [0.05, 0.1) is 6.04 Å². The number of carbonyl (C=O) groups is 1. The quantitative estimate of drug-likeness (QED) is 0.802. The van der Waals surface area contributed by atoms with Crippen molar-refractivity contribution in [2.24, 2.45) is 11.8 Å². The third-order valence-corrected chi connectivity index (χ3v) is 5.05. The van der Waals surface area contributed by atoms with Crippen LogP contribution in [0.5, 0.6) is 0 Å². The molecular weight excluding hydrogens is 333 g/mol. The molecule has 2 unspecified atom stereocenters. The maximum absolute atomic E-state index is 12.3. The minimum absolute atomic E-state index is 0. The Morgan fingerprint density at radius 1 is 1.17 bits per heavy atom. The van der Waals surface area contributed by atoms with Crippen molar-refractivity contribution < 1.29 is 4.79 Å². The van der Waals surface area contributed by atoms with E-state index in [1.54, 1.807) is 0 Å². The van der Waals surface area contributed by atoms with Crippen LogP contribution in [0.2, 0.25) is 0 Å². The Balaban J connectivity index is 0.00000242. The van der Waals surface area contributed by atoms with Crippen LogP contribution in [0, 0.1) is 11.8 Å². The highest BCUT2D eigenvalue weighted by molar-refractivity contribution is 5.85. The number of carbonyl (C=O) groups excluding carboxylic acids is 1. The van der Waals surface area contributed by atoms with Crippen LogP contribution in [-0.2, 0) is 4.79 Å². The number of halogens is 2. The SMILES string of the molecule is CC1CC(C)CN(C(C)(C)CNC(=O)[C@H]2CCCCN2)C1.Cl.Cl. The molecule has 2 aliphatic rings. The Hall–Kier alpha value is -0.0300. The molecule has 0 aromatic carbocycles. The predicted octanol–water partition coefficient (Wildman–Crippen LogP) is 2.84. The third-order valence-electron chi connectivity index (χ3n) is 5.05. The largest absolute Gasteiger partial charge is 0.353 e. The van der Waals surface area contributed by atoms with Crippen LogP contribution in [0.25, 0.3) is 0 Å². The molecule has 138 valence electrons. The number of likely N-dealkylation sites (tertiary alicyclic amines) is 1. The highest BCUT2D eigenvalue weighted by Crippen LogP contribution is 2.26. The first-order chi connectivity index (χ1) is 9.88. The fourth-order valence-corrected chi connectivity index (χ4v) is 3.77. The van der Waals surface area contributed by atoms with E-state index in [1.807, 2.05) is 0 Å². The summed E-state index contributed by atoms with van der Waals surface area (Å²) in [6.07, 6.45) is 4.66. The van der Waals surface area contributed by atoms with Gasteiger partial charge in [-0.2, -0.15) is 0 Å². The Morgan fingerprint density at radius 2 is 1.78 bits per heavy atom. The maximum Gasteiger partial charge on any atom is 0.237 e. The zero-order valence-electron chi connectivity index (χ0n) is 15.1. The van der Waals surface area contributed by atoms with Crippen LogP contribution >= 0.6 is 24.8 Å². The van der Waals surface area contributed by atoms with E-state index in [4.69, 9.17) is 0 Å². The first-order valence-electron chi connectivity index (χ1n) is 8.64. The smallest absolute Gasteiger partial charge is 0.237 e. The number of hydrogen-bond donors (Lipinski definition) is 2. The molecule has 0 aliphatic carbocycles. The average Bonchev–Trinajstić information content (AvgIpc) is 2.45. The predicted molar refractivity (Wildman–Crippen MR) is 102 cm³/mol. The zero-order valence-corrected chi connectivity index (χ0v) is 16.7. The summed E-state index contributed by atoms with van der Waals surface area (Å²) in [7, 11) is 0. The molecule has 0 saturated carbocycles.